The molecule has 0 aliphatic carbocycles. The van der Waals surface area contributed by atoms with Crippen molar-refractivity contribution in [1.82, 2.24) is 10.3 Å². The molecule has 0 atom stereocenters. The number of hydrogen-bond donors (Lipinski definition) is 1. The van der Waals surface area contributed by atoms with E-state index in [9.17, 15) is 4.79 Å². The number of carbonyl (C=O) groups is 1. The minimum absolute atomic E-state index is 0.111. The van der Waals surface area contributed by atoms with Crippen molar-refractivity contribution >= 4 is 5.91 Å². The topological polar surface area (TPSA) is 51.2 Å². The average Bonchev–Trinajstić information content (AvgIpc) is 2.46. The lowest BCUT2D eigenvalue weighted by atomic mass is 10.0. The molecule has 92 valence electrons. The van der Waals surface area contributed by atoms with Crippen molar-refractivity contribution in [1.29, 1.82) is 0 Å². The standard InChI is InChI=1S/C14H14N2O2/c1-15-13(17)11-6-3-5-10(9-11)12-7-4-8-16-14(12)18-2/h3-9H,1-2H3,(H,15,17). The fraction of sp³-hybridized carbons (Fsp3) is 0.143. The van der Waals surface area contributed by atoms with E-state index in [4.69, 9.17) is 4.74 Å². The number of rotatable bonds is 3. The van der Waals surface area contributed by atoms with Crippen LogP contribution in [0.1, 0.15) is 10.4 Å². The Balaban J connectivity index is 2.48. The summed E-state index contributed by atoms with van der Waals surface area (Å²) in [5, 5.41) is 2.60. The molecule has 1 aromatic heterocycles. The fourth-order valence-electron chi connectivity index (χ4n) is 1.75. The molecule has 1 heterocycles. The van der Waals surface area contributed by atoms with Gasteiger partial charge in [-0.15, -0.1) is 0 Å². The molecule has 1 N–H and O–H groups in total. The molecule has 18 heavy (non-hydrogen) atoms. The van der Waals surface area contributed by atoms with Gasteiger partial charge in [0, 0.05) is 24.4 Å². The zero-order chi connectivity index (χ0) is 13.0. The van der Waals surface area contributed by atoms with Crippen LogP contribution in [-0.2, 0) is 0 Å². The van der Waals surface area contributed by atoms with Crippen LogP contribution >= 0.6 is 0 Å². The summed E-state index contributed by atoms with van der Waals surface area (Å²) in [6.45, 7) is 0. The van der Waals surface area contributed by atoms with Crippen molar-refractivity contribution in [2.24, 2.45) is 0 Å². The van der Waals surface area contributed by atoms with Gasteiger partial charge in [-0.1, -0.05) is 12.1 Å². The van der Waals surface area contributed by atoms with Gasteiger partial charge in [-0.25, -0.2) is 4.98 Å². The van der Waals surface area contributed by atoms with Crippen molar-refractivity contribution in [2.75, 3.05) is 14.2 Å². The van der Waals surface area contributed by atoms with Crippen LogP contribution in [0.15, 0.2) is 42.6 Å². The van der Waals surface area contributed by atoms with Gasteiger partial charge in [0.25, 0.3) is 5.91 Å². The number of amides is 1. The first kappa shape index (κ1) is 12.1. The Morgan fingerprint density at radius 1 is 1.28 bits per heavy atom. The highest BCUT2D eigenvalue weighted by atomic mass is 16.5. The number of methoxy groups -OCH3 is 1. The second-order valence-electron chi connectivity index (χ2n) is 3.72. The maximum absolute atomic E-state index is 11.6. The van der Waals surface area contributed by atoms with Gasteiger partial charge in [-0.2, -0.15) is 0 Å². The molecule has 0 saturated carbocycles. The number of ether oxygens (including phenoxy) is 1. The van der Waals surface area contributed by atoms with Crippen LogP contribution in [0.3, 0.4) is 0 Å². The Morgan fingerprint density at radius 2 is 2.11 bits per heavy atom. The van der Waals surface area contributed by atoms with E-state index in [0.29, 0.717) is 11.4 Å². The van der Waals surface area contributed by atoms with Crippen LogP contribution < -0.4 is 10.1 Å². The first-order valence-electron chi connectivity index (χ1n) is 5.58. The SMILES string of the molecule is CNC(=O)c1cccc(-c2cccnc2OC)c1. The molecule has 0 aliphatic rings. The van der Waals surface area contributed by atoms with Gasteiger partial charge < -0.3 is 10.1 Å². The normalized spacial score (nSPS) is 9.89. The van der Waals surface area contributed by atoms with Gasteiger partial charge >= 0.3 is 0 Å². The van der Waals surface area contributed by atoms with E-state index in [2.05, 4.69) is 10.3 Å². The second-order valence-corrected chi connectivity index (χ2v) is 3.72. The lowest BCUT2D eigenvalue weighted by Gasteiger charge is -2.08. The monoisotopic (exact) mass is 242 g/mol. The van der Waals surface area contributed by atoms with E-state index < -0.39 is 0 Å². The Morgan fingerprint density at radius 3 is 2.83 bits per heavy atom. The number of nitrogens with one attached hydrogen (secondary N) is 1. The van der Waals surface area contributed by atoms with Crippen LogP contribution in [0.5, 0.6) is 5.88 Å². The first-order chi connectivity index (χ1) is 8.76. The van der Waals surface area contributed by atoms with Crippen molar-refractivity contribution in [3.63, 3.8) is 0 Å². The maximum atomic E-state index is 11.6. The largest absolute Gasteiger partial charge is 0.481 e. The molecule has 0 unspecified atom stereocenters. The lowest BCUT2D eigenvalue weighted by Crippen LogP contribution is -2.17. The van der Waals surface area contributed by atoms with E-state index in [1.807, 2.05) is 30.3 Å². The van der Waals surface area contributed by atoms with Gasteiger partial charge in [0.2, 0.25) is 5.88 Å². The molecular formula is C14H14N2O2. The third-order valence-corrected chi connectivity index (χ3v) is 2.63. The summed E-state index contributed by atoms with van der Waals surface area (Å²) in [7, 11) is 3.19. The molecule has 0 fully saturated rings. The second kappa shape index (κ2) is 5.31. The minimum atomic E-state index is -0.111. The summed E-state index contributed by atoms with van der Waals surface area (Å²) in [6, 6.07) is 11.1. The molecule has 0 bridgehead atoms. The van der Waals surface area contributed by atoms with E-state index in [0.717, 1.165) is 11.1 Å². The van der Waals surface area contributed by atoms with Crippen molar-refractivity contribution in [3.8, 4) is 17.0 Å². The highest BCUT2D eigenvalue weighted by Crippen LogP contribution is 2.27. The smallest absolute Gasteiger partial charge is 0.251 e. The minimum Gasteiger partial charge on any atom is -0.481 e. The molecule has 4 heteroatoms. The average molecular weight is 242 g/mol. The van der Waals surface area contributed by atoms with Crippen LogP contribution in [-0.4, -0.2) is 25.0 Å². The number of hydrogen-bond acceptors (Lipinski definition) is 3. The zero-order valence-corrected chi connectivity index (χ0v) is 10.3. The van der Waals surface area contributed by atoms with Gasteiger partial charge in [0.15, 0.2) is 0 Å². The number of carbonyl (C=O) groups excluding carboxylic acids is 1. The summed E-state index contributed by atoms with van der Waals surface area (Å²) in [6.07, 6.45) is 1.67. The lowest BCUT2D eigenvalue weighted by molar-refractivity contribution is 0.0963. The van der Waals surface area contributed by atoms with E-state index >= 15 is 0 Å². The highest BCUT2D eigenvalue weighted by molar-refractivity contribution is 5.95. The van der Waals surface area contributed by atoms with E-state index in [1.165, 1.54) is 0 Å². The molecule has 0 spiro atoms. The van der Waals surface area contributed by atoms with Gasteiger partial charge in [0.1, 0.15) is 0 Å². The maximum Gasteiger partial charge on any atom is 0.251 e. The van der Waals surface area contributed by atoms with Crippen LogP contribution in [0.2, 0.25) is 0 Å². The Bertz CT molecular complexity index is 567. The summed E-state index contributed by atoms with van der Waals surface area (Å²) in [5.41, 5.74) is 2.38. The summed E-state index contributed by atoms with van der Waals surface area (Å²) in [5.74, 6) is 0.436. The highest BCUT2D eigenvalue weighted by Gasteiger charge is 2.09. The molecule has 1 aromatic carbocycles. The van der Waals surface area contributed by atoms with Crippen LogP contribution in [0.4, 0.5) is 0 Å². The molecule has 2 aromatic rings. The van der Waals surface area contributed by atoms with Crippen molar-refractivity contribution in [2.45, 2.75) is 0 Å². The Kier molecular flexibility index (Phi) is 3.57. The molecule has 2 rings (SSSR count). The fourth-order valence-corrected chi connectivity index (χ4v) is 1.75. The number of benzene rings is 1. The summed E-state index contributed by atoms with van der Waals surface area (Å²) < 4.78 is 5.21. The zero-order valence-electron chi connectivity index (χ0n) is 10.3. The quantitative estimate of drug-likeness (QED) is 0.896. The molecule has 0 aliphatic heterocycles. The Hall–Kier alpha value is -2.36. The first-order valence-corrected chi connectivity index (χ1v) is 5.58. The predicted octanol–water partition coefficient (Wildman–Crippen LogP) is 2.12. The third-order valence-electron chi connectivity index (χ3n) is 2.63. The molecular weight excluding hydrogens is 228 g/mol. The Labute approximate surface area is 106 Å². The van der Waals surface area contributed by atoms with E-state index in [-0.39, 0.29) is 5.91 Å². The van der Waals surface area contributed by atoms with Crippen molar-refractivity contribution in [3.05, 3.63) is 48.2 Å². The van der Waals surface area contributed by atoms with Crippen molar-refractivity contribution < 1.29 is 9.53 Å². The van der Waals surface area contributed by atoms with Crippen LogP contribution in [0.25, 0.3) is 11.1 Å². The van der Waals surface area contributed by atoms with Gasteiger partial charge in [-0.05, 0) is 29.8 Å². The molecule has 4 nitrogen and oxygen atoms in total. The summed E-state index contributed by atoms with van der Waals surface area (Å²) in [4.78, 5) is 15.7. The van der Waals surface area contributed by atoms with Gasteiger partial charge in [0.05, 0.1) is 7.11 Å². The third kappa shape index (κ3) is 2.32. The molecule has 1 amide bonds. The number of pyridine rings is 1. The number of aromatic nitrogens is 1. The molecule has 0 radical (unpaired) electrons. The molecule has 0 saturated heterocycles. The summed E-state index contributed by atoms with van der Waals surface area (Å²) >= 11 is 0. The van der Waals surface area contributed by atoms with E-state index in [1.54, 1.807) is 26.4 Å². The van der Waals surface area contributed by atoms with Gasteiger partial charge in [-0.3, -0.25) is 4.79 Å². The van der Waals surface area contributed by atoms with Crippen LogP contribution in [0, 0.1) is 0 Å². The predicted molar refractivity (Wildman–Crippen MR) is 69.6 cm³/mol. The number of nitrogens with zero attached hydrogens (tertiary/aromatic N) is 1.